The van der Waals surface area contributed by atoms with Crippen molar-refractivity contribution < 1.29 is 0 Å². The van der Waals surface area contributed by atoms with Crippen molar-refractivity contribution in [1.82, 2.24) is 25.1 Å². The van der Waals surface area contributed by atoms with Crippen LogP contribution in [0.4, 0.5) is 5.82 Å². The van der Waals surface area contributed by atoms with Crippen molar-refractivity contribution in [2.45, 2.75) is 46.2 Å². The van der Waals surface area contributed by atoms with Gasteiger partial charge in [-0.25, -0.2) is 14.6 Å². The molecule has 0 saturated heterocycles. The minimum atomic E-state index is -0.258. The van der Waals surface area contributed by atoms with Gasteiger partial charge in [-0.05, 0) is 20.8 Å². The van der Waals surface area contributed by atoms with Crippen LogP contribution in [-0.2, 0) is 5.54 Å². The first-order chi connectivity index (χ1) is 11.8. The normalized spacial score (nSPS) is 12.2. The van der Waals surface area contributed by atoms with E-state index in [1.807, 2.05) is 4.68 Å². The van der Waals surface area contributed by atoms with E-state index in [0.29, 0.717) is 11.9 Å². The van der Waals surface area contributed by atoms with Gasteiger partial charge in [-0.3, -0.25) is 0 Å². The van der Waals surface area contributed by atoms with Crippen LogP contribution >= 0.6 is 0 Å². The van der Waals surface area contributed by atoms with E-state index in [2.05, 4.69) is 74.2 Å². The zero-order valence-corrected chi connectivity index (χ0v) is 15.5. The minimum Gasteiger partial charge on any atom is -0.383 e. The maximum absolute atomic E-state index is 6.18. The van der Waals surface area contributed by atoms with Gasteiger partial charge in [0.2, 0.25) is 0 Å². The van der Waals surface area contributed by atoms with Gasteiger partial charge in [-0.1, -0.05) is 43.7 Å². The molecule has 0 unspecified atom stereocenters. The maximum Gasteiger partial charge on any atom is 0.164 e. The molecule has 2 aromatic heterocycles. The summed E-state index contributed by atoms with van der Waals surface area (Å²) in [5, 5.41) is 9.19. The number of rotatable bonds is 5. The van der Waals surface area contributed by atoms with Crippen LogP contribution in [0.1, 0.15) is 33.3 Å². The molecular weight excluding hydrogens is 312 g/mol. The lowest BCUT2D eigenvalue weighted by Crippen LogP contribution is -2.41. The number of nitrogens with one attached hydrogen (secondary N) is 1. The highest BCUT2D eigenvalue weighted by molar-refractivity contribution is 5.98. The van der Waals surface area contributed by atoms with Crippen molar-refractivity contribution in [2.75, 3.05) is 12.3 Å². The second-order valence-corrected chi connectivity index (χ2v) is 7.43. The van der Waals surface area contributed by atoms with Crippen LogP contribution in [0, 0.1) is 6.92 Å². The largest absolute Gasteiger partial charge is 0.383 e. The molecule has 3 rings (SSSR count). The van der Waals surface area contributed by atoms with E-state index in [4.69, 9.17) is 10.8 Å². The quantitative estimate of drug-likeness (QED) is 0.747. The van der Waals surface area contributed by atoms with E-state index in [0.717, 1.165) is 28.8 Å². The van der Waals surface area contributed by atoms with Crippen LogP contribution in [0.15, 0.2) is 30.6 Å². The Bertz CT molecular complexity index is 877. The zero-order valence-electron chi connectivity index (χ0n) is 15.5. The van der Waals surface area contributed by atoms with Gasteiger partial charge < -0.3 is 11.1 Å². The minimum absolute atomic E-state index is 0.258. The topological polar surface area (TPSA) is 81.7 Å². The highest BCUT2D eigenvalue weighted by Gasteiger charge is 2.27. The molecule has 0 atom stereocenters. The molecule has 3 aromatic rings. The molecule has 1 aromatic carbocycles. The fraction of sp³-hybridized carbons (Fsp3) is 0.421. The van der Waals surface area contributed by atoms with Gasteiger partial charge in [0, 0.05) is 18.2 Å². The van der Waals surface area contributed by atoms with Crippen LogP contribution in [0.5, 0.6) is 0 Å². The third kappa shape index (κ3) is 3.35. The number of nitrogen functional groups attached to an aromatic ring is 1. The first-order valence-electron chi connectivity index (χ1n) is 8.59. The van der Waals surface area contributed by atoms with Gasteiger partial charge in [0.1, 0.15) is 17.8 Å². The fourth-order valence-corrected chi connectivity index (χ4v) is 2.84. The molecule has 0 spiro atoms. The van der Waals surface area contributed by atoms with Crippen molar-refractivity contribution >= 4 is 16.9 Å². The Hall–Kier alpha value is -2.47. The Balaban J connectivity index is 2.18. The molecule has 3 N–H and O–H groups in total. The first kappa shape index (κ1) is 17.4. The summed E-state index contributed by atoms with van der Waals surface area (Å²) in [5.74, 6) is 0.458. The van der Waals surface area contributed by atoms with Gasteiger partial charge in [0.25, 0.3) is 0 Å². The van der Waals surface area contributed by atoms with Gasteiger partial charge in [0.05, 0.1) is 10.9 Å². The predicted octanol–water partition coefficient (Wildman–Crippen LogP) is 3.12. The highest BCUT2D eigenvalue weighted by atomic mass is 15.4. The second kappa shape index (κ2) is 6.44. The van der Waals surface area contributed by atoms with Gasteiger partial charge in [-0.2, -0.15) is 5.10 Å². The Kier molecular flexibility index (Phi) is 4.47. The van der Waals surface area contributed by atoms with Crippen molar-refractivity contribution in [3.63, 3.8) is 0 Å². The Labute approximate surface area is 148 Å². The zero-order chi connectivity index (χ0) is 18.2. The molecule has 0 aliphatic heterocycles. The third-order valence-electron chi connectivity index (χ3n) is 4.34. The number of nitrogens with zero attached hydrogens (tertiary/aromatic N) is 4. The molecule has 132 valence electrons. The number of anilines is 1. The lowest BCUT2D eigenvalue weighted by atomic mass is 10.1. The van der Waals surface area contributed by atoms with Crippen LogP contribution in [0.25, 0.3) is 22.3 Å². The summed E-state index contributed by atoms with van der Waals surface area (Å²) < 4.78 is 1.96. The lowest BCUT2D eigenvalue weighted by molar-refractivity contribution is 0.301. The number of hydrogen-bond acceptors (Lipinski definition) is 5. The number of nitrogens with two attached hydrogens (primary N) is 1. The van der Waals surface area contributed by atoms with E-state index in [-0.39, 0.29) is 5.54 Å². The molecule has 0 fully saturated rings. The number of fused-ring (bicyclic) bond motifs is 1. The summed E-state index contributed by atoms with van der Waals surface area (Å²) in [7, 11) is 0. The molecule has 0 bridgehead atoms. The number of benzene rings is 1. The molecule has 0 amide bonds. The smallest absolute Gasteiger partial charge is 0.164 e. The summed E-state index contributed by atoms with van der Waals surface area (Å²) in [6, 6.07) is 8.68. The van der Waals surface area contributed by atoms with Crippen molar-refractivity contribution in [2.24, 2.45) is 0 Å². The van der Waals surface area contributed by atoms with Gasteiger partial charge in [0.15, 0.2) is 5.65 Å². The van der Waals surface area contributed by atoms with Gasteiger partial charge in [-0.15, -0.1) is 0 Å². The summed E-state index contributed by atoms with van der Waals surface area (Å²) in [5.41, 5.74) is 9.74. The average molecular weight is 338 g/mol. The summed E-state index contributed by atoms with van der Waals surface area (Å²) >= 11 is 0. The molecule has 0 aliphatic carbocycles. The third-order valence-corrected chi connectivity index (χ3v) is 4.34. The van der Waals surface area contributed by atoms with E-state index >= 15 is 0 Å². The number of aryl methyl sites for hydroxylation is 1. The molecule has 6 nitrogen and oxygen atoms in total. The van der Waals surface area contributed by atoms with Crippen molar-refractivity contribution in [1.29, 1.82) is 0 Å². The Morgan fingerprint density at radius 3 is 2.48 bits per heavy atom. The van der Waals surface area contributed by atoms with Crippen LogP contribution in [0.2, 0.25) is 0 Å². The van der Waals surface area contributed by atoms with Crippen LogP contribution in [-0.4, -0.2) is 32.3 Å². The predicted molar refractivity (Wildman–Crippen MR) is 102 cm³/mol. The summed E-state index contributed by atoms with van der Waals surface area (Å²) in [6.07, 6.45) is 1.50. The van der Waals surface area contributed by atoms with Crippen molar-refractivity contribution in [3.8, 4) is 11.3 Å². The standard InChI is InChI=1S/C19H26N6/c1-12(2)21-10-19(4,5)25-18-15(17(20)22-11-23-18)16(24-25)14-8-6-13(3)7-9-14/h6-9,11-12,21H,10H2,1-5H3,(H2,20,22,23). The highest BCUT2D eigenvalue weighted by Crippen LogP contribution is 2.32. The summed E-state index contributed by atoms with van der Waals surface area (Å²) in [6.45, 7) is 11.4. The van der Waals surface area contributed by atoms with Crippen LogP contribution in [0.3, 0.4) is 0 Å². The van der Waals surface area contributed by atoms with Crippen molar-refractivity contribution in [3.05, 3.63) is 36.2 Å². The SMILES string of the molecule is Cc1ccc(-c2nn(C(C)(C)CNC(C)C)c3ncnc(N)c23)cc1. The number of hydrogen-bond donors (Lipinski definition) is 2. The van der Waals surface area contributed by atoms with E-state index in [9.17, 15) is 0 Å². The Morgan fingerprint density at radius 2 is 1.84 bits per heavy atom. The molecule has 0 radical (unpaired) electrons. The number of aromatic nitrogens is 4. The first-order valence-corrected chi connectivity index (χ1v) is 8.59. The molecule has 0 aliphatic rings. The molecular formula is C19H26N6. The fourth-order valence-electron chi connectivity index (χ4n) is 2.84. The van der Waals surface area contributed by atoms with E-state index in [1.54, 1.807) is 0 Å². The monoisotopic (exact) mass is 338 g/mol. The van der Waals surface area contributed by atoms with Crippen LogP contribution < -0.4 is 11.1 Å². The van der Waals surface area contributed by atoms with E-state index < -0.39 is 0 Å². The Morgan fingerprint density at radius 1 is 1.16 bits per heavy atom. The molecule has 25 heavy (non-hydrogen) atoms. The van der Waals surface area contributed by atoms with E-state index in [1.165, 1.54) is 11.9 Å². The second-order valence-electron chi connectivity index (χ2n) is 7.43. The molecule has 2 heterocycles. The molecule has 6 heteroatoms. The summed E-state index contributed by atoms with van der Waals surface area (Å²) in [4.78, 5) is 8.66. The molecule has 0 saturated carbocycles. The average Bonchev–Trinajstić information content (AvgIpc) is 2.96. The lowest BCUT2D eigenvalue weighted by Gasteiger charge is -2.27. The van der Waals surface area contributed by atoms with Gasteiger partial charge >= 0.3 is 0 Å². The maximum atomic E-state index is 6.18.